The molecule has 1 aromatic heterocycles. The third-order valence-corrected chi connectivity index (χ3v) is 8.35. The van der Waals surface area contributed by atoms with Gasteiger partial charge >= 0.3 is 6.03 Å². The molecule has 38 heavy (non-hydrogen) atoms. The van der Waals surface area contributed by atoms with Gasteiger partial charge in [0.15, 0.2) is 5.82 Å². The summed E-state index contributed by atoms with van der Waals surface area (Å²) in [4.78, 5) is 55.6. The average molecular weight is 540 g/mol. The maximum Gasteiger partial charge on any atom is 0.320 e. The lowest BCUT2D eigenvalue weighted by atomic mass is 10.0. The zero-order valence-corrected chi connectivity index (χ0v) is 21.8. The average Bonchev–Trinajstić information content (AvgIpc) is 3.48. The number of hydrogen-bond donors (Lipinski definition) is 3. The molecule has 1 fully saturated rings. The lowest BCUT2D eigenvalue weighted by Crippen LogP contribution is -2.52. The van der Waals surface area contributed by atoms with Crippen LogP contribution in [0.25, 0.3) is 10.2 Å². The van der Waals surface area contributed by atoms with Crippen LogP contribution in [-0.4, -0.2) is 46.8 Å². The summed E-state index contributed by atoms with van der Waals surface area (Å²) >= 11 is 1.44. The van der Waals surface area contributed by atoms with Crippen LogP contribution < -0.4 is 20.7 Å². The highest BCUT2D eigenvalue weighted by Gasteiger charge is 2.40. The minimum absolute atomic E-state index is 0.0917. The second kappa shape index (κ2) is 9.67. The second-order valence-corrected chi connectivity index (χ2v) is 10.5. The fourth-order valence-corrected chi connectivity index (χ4v) is 5.88. The van der Waals surface area contributed by atoms with Crippen LogP contribution in [0.15, 0.2) is 30.3 Å². The summed E-state index contributed by atoms with van der Waals surface area (Å²) in [5.74, 6) is -1.58. The molecule has 2 aliphatic rings. The number of carbonyl (C=O) groups excluding carboxylic acids is 4. The number of hydrogen-bond acceptors (Lipinski definition) is 7. The molecule has 0 saturated carbocycles. The Balaban J connectivity index is 1.34. The molecule has 3 aromatic rings. The molecule has 5 rings (SSSR count). The topological polar surface area (TPSA) is 130 Å². The molecule has 2 aromatic carbocycles. The van der Waals surface area contributed by atoms with E-state index in [-0.39, 0.29) is 36.2 Å². The number of amides is 5. The number of methoxy groups -OCH3 is 1. The highest BCUT2D eigenvalue weighted by molar-refractivity contribution is 7.18. The SMILES string of the molecule is CCC(C)(NC(=O)Nc1ccc2c(c1F)CN(C1CCC(=O)NC1=O)C2=O)c1nc2c(OC)cccc2s1. The van der Waals surface area contributed by atoms with Gasteiger partial charge in [0, 0.05) is 17.5 Å². The first-order valence-corrected chi connectivity index (χ1v) is 13.0. The quantitative estimate of drug-likeness (QED) is 0.410. The lowest BCUT2D eigenvalue weighted by Gasteiger charge is -2.29. The van der Waals surface area contributed by atoms with Gasteiger partial charge in [-0.05, 0) is 44.0 Å². The van der Waals surface area contributed by atoms with Gasteiger partial charge in [-0.1, -0.05) is 13.0 Å². The number of nitrogens with zero attached hydrogens (tertiary/aromatic N) is 2. The first kappa shape index (κ1) is 25.6. The monoisotopic (exact) mass is 539 g/mol. The minimum atomic E-state index is -0.857. The van der Waals surface area contributed by atoms with E-state index in [9.17, 15) is 19.2 Å². The van der Waals surface area contributed by atoms with E-state index in [1.54, 1.807) is 7.11 Å². The van der Waals surface area contributed by atoms with Crippen molar-refractivity contribution in [3.63, 3.8) is 0 Å². The lowest BCUT2D eigenvalue weighted by molar-refractivity contribution is -0.136. The number of carbonyl (C=O) groups is 4. The van der Waals surface area contributed by atoms with Gasteiger partial charge in [0.1, 0.15) is 22.3 Å². The first-order chi connectivity index (χ1) is 18.1. The largest absolute Gasteiger partial charge is 0.494 e. The molecule has 12 heteroatoms. The Morgan fingerprint density at radius 3 is 2.79 bits per heavy atom. The van der Waals surface area contributed by atoms with E-state index in [1.165, 1.54) is 28.4 Å². The zero-order chi connectivity index (χ0) is 27.2. The van der Waals surface area contributed by atoms with Crippen molar-refractivity contribution in [1.29, 1.82) is 0 Å². The summed E-state index contributed by atoms with van der Waals surface area (Å²) in [7, 11) is 1.57. The molecular formula is C26H26FN5O5S. The Hall–Kier alpha value is -4.06. The van der Waals surface area contributed by atoms with Gasteiger partial charge in [0.2, 0.25) is 11.8 Å². The number of para-hydroxylation sites is 1. The van der Waals surface area contributed by atoms with Crippen molar-refractivity contribution >= 4 is 51.0 Å². The fraction of sp³-hybridized carbons (Fsp3) is 0.346. The fourth-order valence-electron chi connectivity index (χ4n) is 4.72. The van der Waals surface area contributed by atoms with Gasteiger partial charge in [0.25, 0.3) is 5.91 Å². The Kier molecular flexibility index (Phi) is 6.51. The van der Waals surface area contributed by atoms with Gasteiger partial charge in [-0.2, -0.15) is 0 Å². The Morgan fingerprint density at radius 2 is 2.08 bits per heavy atom. The molecule has 0 aliphatic carbocycles. The van der Waals surface area contributed by atoms with Crippen LogP contribution in [0.2, 0.25) is 0 Å². The number of halogens is 1. The number of fused-ring (bicyclic) bond motifs is 2. The van der Waals surface area contributed by atoms with Crippen molar-refractivity contribution in [3.05, 3.63) is 52.3 Å². The van der Waals surface area contributed by atoms with Gasteiger partial charge in [0.05, 0.1) is 29.6 Å². The van der Waals surface area contributed by atoms with E-state index in [4.69, 9.17) is 9.72 Å². The van der Waals surface area contributed by atoms with Gasteiger partial charge in [-0.15, -0.1) is 11.3 Å². The van der Waals surface area contributed by atoms with Crippen LogP contribution in [0.3, 0.4) is 0 Å². The normalized spacial score (nSPS) is 18.7. The smallest absolute Gasteiger partial charge is 0.320 e. The Bertz CT molecular complexity index is 1490. The molecule has 0 spiro atoms. The minimum Gasteiger partial charge on any atom is -0.494 e. The predicted octanol–water partition coefficient (Wildman–Crippen LogP) is 3.65. The molecule has 1 saturated heterocycles. The number of nitrogens with one attached hydrogen (secondary N) is 3. The molecular weight excluding hydrogens is 513 g/mol. The zero-order valence-electron chi connectivity index (χ0n) is 21.0. The van der Waals surface area contributed by atoms with E-state index in [0.717, 1.165) is 4.70 Å². The van der Waals surface area contributed by atoms with E-state index in [0.29, 0.717) is 22.7 Å². The van der Waals surface area contributed by atoms with Crippen molar-refractivity contribution in [1.82, 2.24) is 20.5 Å². The number of urea groups is 1. The second-order valence-electron chi connectivity index (χ2n) is 9.44. The first-order valence-electron chi connectivity index (χ1n) is 12.1. The van der Waals surface area contributed by atoms with Crippen molar-refractivity contribution in [2.24, 2.45) is 0 Å². The molecule has 3 N–H and O–H groups in total. The summed E-state index contributed by atoms with van der Waals surface area (Å²) in [5.41, 5.74) is -0.0192. The number of anilines is 1. The highest BCUT2D eigenvalue weighted by atomic mass is 32.1. The van der Waals surface area contributed by atoms with Gasteiger partial charge in [-0.25, -0.2) is 14.2 Å². The summed E-state index contributed by atoms with van der Waals surface area (Å²) in [6, 6.07) is 6.88. The van der Waals surface area contributed by atoms with Crippen LogP contribution in [0.1, 0.15) is 54.0 Å². The Labute approximate surface area is 221 Å². The molecule has 2 atom stereocenters. The summed E-state index contributed by atoms with van der Waals surface area (Å²) in [6.07, 6.45) is 0.793. The molecule has 3 heterocycles. The van der Waals surface area contributed by atoms with Crippen LogP contribution in [0.4, 0.5) is 14.9 Å². The highest BCUT2D eigenvalue weighted by Crippen LogP contribution is 2.36. The van der Waals surface area contributed by atoms with Crippen LogP contribution in [-0.2, 0) is 21.7 Å². The molecule has 2 aliphatic heterocycles. The van der Waals surface area contributed by atoms with Crippen molar-refractivity contribution in [3.8, 4) is 5.75 Å². The third kappa shape index (κ3) is 4.34. The number of rotatable bonds is 6. The van der Waals surface area contributed by atoms with Crippen molar-refractivity contribution in [2.45, 2.75) is 51.2 Å². The summed E-state index contributed by atoms with van der Waals surface area (Å²) in [6.45, 7) is 3.62. The van der Waals surface area contributed by atoms with Crippen LogP contribution in [0.5, 0.6) is 5.75 Å². The van der Waals surface area contributed by atoms with E-state index >= 15 is 4.39 Å². The Morgan fingerprint density at radius 1 is 1.29 bits per heavy atom. The van der Waals surface area contributed by atoms with Gasteiger partial charge in [-0.3, -0.25) is 19.7 Å². The van der Waals surface area contributed by atoms with E-state index in [2.05, 4.69) is 16.0 Å². The molecule has 10 nitrogen and oxygen atoms in total. The predicted molar refractivity (Wildman–Crippen MR) is 138 cm³/mol. The number of ether oxygens (including phenoxy) is 1. The molecule has 0 radical (unpaired) electrons. The van der Waals surface area contributed by atoms with Crippen molar-refractivity contribution < 1.29 is 28.3 Å². The van der Waals surface area contributed by atoms with Crippen LogP contribution >= 0.6 is 11.3 Å². The summed E-state index contributed by atoms with van der Waals surface area (Å²) < 4.78 is 21.8. The van der Waals surface area contributed by atoms with Gasteiger partial charge < -0.3 is 20.3 Å². The standard InChI is InChI=1S/C26H26FN5O5S/c1-4-26(2,24-30-21-17(37-3)6-5-7-18(21)38-24)31-25(36)28-15-9-8-13-14(20(15)27)12-32(23(13)35)16-10-11-19(33)29-22(16)34/h5-9,16H,4,10-12H2,1-3H3,(H2,28,31,36)(H,29,33,34). The third-order valence-electron chi connectivity index (χ3n) is 7.07. The molecule has 0 bridgehead atoms. The van der Waals surface area contributed by atoms with E-state index in [1.807, 2.05) is 32.0 Å². The molecule has 198 valence electrons. The van der Waals surface area contributed by atoms with Crippen molar-refractivity contribution in [2.75, 3.05) is 12.4 Å². The molecule has 5 amide bonds. The number of thiazole rings is 1. The number of benzene rings is 2. The van der Waals surface area contributed by atoms with E-state index < -0.39 is 41.2 Å². The van der Waals surface area contributed by atoms with Crippen LogP contribution in [0, 0.1) is 5.82 Å². The number of piperidine rings is 1. The summed E-state index contributed by atoms with van der Waals surface area (Å²) in [5, 5.41) is 8.36. The maximum atomic E-state index is 15.5. The molecule has 2 unspecified atom stereocenters. The maximum absolute atomic E-state index is 15.5. The number of imide groups is 1. The number of aromatic nitrogens is 1.